The number of aryl methyl sites for hydroxylation is 1. The minimum absolute atomic E-state index is 0.295. The molecule has 28 heavy (non-hydrogen) atoms. The molecule has 0 saturated heterocycles. The van der Waals surface area contributed by atoms with Gasteiger partial charge in [-0.3, -0.25) is 0 Å². The average molecular weight is 398 g/mol. The standard InChI is InChI=1S/C22H24ClN3O2/c1-2-3-8-20-25-21(23)19(13-24)26(20)14-15-9-11-16(12-10-15)17-6-4-5-7-18(17)22(27)28/h4-7,9-12H,2-3,8,13-14,24H2,1H3,(H,27,28). The number of aromatic carboxylic acids is 1. The van der Waals surface area contributed by atoms with Crippen LogP contribution in [0.3, 0.4) is 0 Å². The molecule has 146 valence electrons. The van der Waals surface area contributed by atoms with E-state index >= 15 is 0 Å². The summed E-state index contributed by atoms with van der Waals surface area (Å²) >= 11 is 6.28. The summed E-state index contributed by atoms with van der Waals surface area (Å²) in [6.45, 7) is 3.11. The summed E-state index contributed by atoms with van der Waals surface area (Å²) in [5, 5.41) is 9.88. The molecule has 2 aromatic carbocycles. The molecule has 0 aliphatic heterocycles. The van der Waals surface area contributed by atoms with Crippen molar-refractivity contribution in [1.82, 2.24) is 9.55 Å². The fourth-order valence-corrected chi connectivity index (χ4v) is 3.58. The molecule has 0 bridgehead atoms. The van der Waals surface area contributed by atoms with E-state index in [0.717, 1.165) is 41.9 Å². The molecule has 3 N–H and O–H groups in total. The van der Waals surface area contributed by atoms with E-state index in [0.29, 0.717) is 29.4 Å². The number of hydrogen-bond acceptors (Lipinski definition) is 3. The molecule has 0 unspecified atom stereocenters. The van der Waals surface area contributed by atoms with Crippen molar-refractivity contribution in [2.24, 2.45) is 5.73 Å². The number of hydrogen-bond donors (Lipinski definition) is 2. The Morgan fingerprint density at radius 3 is 2.54 bits per heavy atom. The van der Waals surface area contributed by atoms with Crippen LogP contribution in [0.4, 0.5) is 0 Å². The molecule has 0 fully saturated rings. The van der Waals surface area contributed by atoms with Gasteiger partial charge >= 0.3 is 5.97 Å². The lowest BCUT2D eigenvalue weighted by Gasteiger charge is -2.12. The van der Waals surface area contributed by atoms with E-state index in [4.69, 9.17) is 17.3 Å². The number of benzene rings is 2. The Bertz CT molecular complexity index is 964. The van der Waals surface area contributed by atoms with Gasteiger partial charge < -0.3 is 15.4 Å². The monoisotopic (exact) mass is 397 g/mol. The van der Waals surface area contributed by atoms with Crippen molar-refractivity contribution in [3.8, 4) is 11.1 Å². The lowest BCUT2D eigenvalue weighted by atomic mass is 9.99. The van der Waals surface area contributed by atoms with Gasteiger partial charge in [-0.25, -0.2) is 9.78 Å². The van der Waals surface area contributed by atoms with Crippen LogP contribution in [0, 0.1) is 0 Å². The van der Waals surface area contributed by atoms with Gasteiger partial charge in [0.05, 0.1) is 11.3 Å². The molecule has 0 aliphatic rings. The first-order valence-corrected chi connectivity index (χ1v) is 9.78. The van der Waals surface area contributed by atoms with Crippen molar-refractivity contribution in [3.63, 3.8) is 0 Å². The van der Waals surface area contributed by atoms with Crippen LogP contribution in [0.5, 0.6) is 0 Å². The molecule has 5 nitrogen and oxygen atoms in total. The molecule has 6 heteroatoms. The molecule has 0 atom stereocenters. The van der Waals surface area contributed by atoms with Gasteiger partial charge in [0.25, 0.3) is 0 Å². The Kier molecular flexibility index (Phi) is 6.49. The summed E-state index contributed by atoms with van der Waals surface area (Å²) in [6.07, 6.45) is 2.99. The Hall–Kier alpha value is -2.63. The number of rotatable bonds is 8. The topological polar surface area (TPSA) is 81.1 Å². The summed E-state index contributed by atoms with van der Waals surface area (Å²) in [4.78, 5) is 16.0. The number of carboxylic acids is 1. The van der Waals surface area contributed by atoms with E-state index in [2.05, 4.69) is 16.5 Å². The van der Waals surface area contributed by atoms with E-state index in [1.807, 2.05) is 36.4 Å². The van der Waals surface area contributed by atoms with Gasteiger partial charge in [-0.15, -0.1) is 0 Å². The largest absolute Gasteiger partial charge is 0.478 e. The fraction of sp³-hybridized carbons (Fsp3) is 0.273. The zero-order chi connectivity index (χ0) is 20.1. The van der Waals surface area contributed by atoms with Gasteiger partial charge in [-0.1, -0.05) is 67.4 Å². The number of carboxylic acid groups (broad SMARTS) is 1. The molecular weight excluding hydrogens is 374 g/mol. The van der Waals surface area contributed by atoms with Crippen LogP contribution in [0.25, 0.3) is 11.1 Å². The second-order valence-electron chi connectivity index (χ2n) is 6.71. The van der Waals surface area contributed by atoms with Crippen LogP contribution < -0.4 is 5.73 Å². The van der Waals surface area contributed by atoms with Gasteiger partial charge in [-0.2, -0.15) is 0 Å². The molecule has 0 amide bonds. The number of aromatic nitrogens is 2. The van der Waals surface area contributed by atoms with Gasteiger partial charge in [0.15, 0.2) is 5.15 Å². The predicted molar refractivity (Wildman–Crippen MR) is 112 cm³/mol. The summed E-state index contributed by atoms with van der Waals surface area (Å²) < 4.78 is 2.10. The first-order valence-electron chi connectivity index (χ1n) is 9.40. The molecular formula is C22H24ClN3O2. The van der Waals surface area contributed by atoms with Crippen molar-refractivity contribution in [2.75, 3.05) is 0 Å². The molecule has 3 aromatic rings. The molecule has 3 rings (SSSR count). The van der Waals surface area contributed by atoms with Crippen LogP contribution >= 0.6 is 11.6 Å². The Morgan fingerprint density at radius 1 is 1.18 bits per heavy atom. The Labute approximate surface area is 169 Å². The van der Waals surface area contributed by atoms with Crippen LogP contribution in [0.15, 0.2) is 48.5 Å². The maximum absolute atomic E-state index is 11.5. The minimum atomic E-state index is -0.930. The van der Waals surface area contributed by atoms with Crippen molar-refractivity contribution < 1.29 is 9.90 Å². The highest BCUT2D eigenvalue weighted by molar-refractivity contribution is 6.30. The molecule has 0 aliphatic carbocycles. The minimum Gasteiger partial charge on any atom is -0.478 e. The van der Waals surface area contributed by atoms with Crippen LogP contribution in [-0.4, -0.2) is 20.6 Å². The molecule has 0 saturated carbocycles. The van der Waals surface area contributed by atoms with Crippen molar-refractivity contribution in [1.29, 1.82) is 0 Å². The van der Waals surface area contributed by atoms with Crippen molar-refractivity contribution in [2.45, 2.75) is 39.3 Å². The summed E-state index contributed by atoms with van der Waals surface area (Å²) in [5.74, 6) is 0.0217. The Morgan fingerprint density at radius 2 is 1.89 bits per heavy atom. The lowest BCUT2D eigenvalue weighted by Crippen LogP contribution is -2.12. The van der Waals surface area contributed by atoms with E-state index in [1.54, 1.807) is 12.1 Å². The molecule has 1 heterocycles. The van der Waals surface area contributed by atoms with Crippen LogP contribution in [-0.2, 0) is 19.5 Å². The van der Waals surface area contributed by atoms with Crippen molar-refractivity contribution in [3.05, 3.63) is 76.3 Å². The van der Waals surface area contributed by atoms with Gasteiger partial charge in [0.2, 0.25) is 0 Å². The predicted octanol–water partition coefficient (Wildman–Crippen LogP) is 4.75. The third-order valence-electron chi connectivity index (χ3n) is 4.81. The highest BCUT2D eigenvalue weighted by Crippen LogP contribution is 2.25. The Balaban J connectivity index is 1.89. The van der Waals surface area contributed by atoms with Crippen LogP contribution in [0.1, 0.15) is 47.2 Å². The summed E-state index contributed by atoms with van der Waals surface area (Å²) in [6, 6.07) is 14.9. The zero-order valence-electron chi connectivity index (χ0n) is 15.9. The maximum Gasteiger partial charge on any atom is 0.336 e. The smallest absolute Gasteiger partial charge is 0.336 e. The first kappa shape index (κ1) is 20.1. The first-order chi connectivity index (χ1) is 13.5. The zero-order valence-corrected chi connectivity index (χ0v) is 16.6. The second-order valence-corrected chi connectivity index (χ2v) is 7.07. The van der Waals surface area contributed by atoms with Gasteiger partial charge in [-0.05, 0) is 29.2 Å². The quantitative estimate of drug-likeness (QED) is 0.574. The third kappa shape index (κ3) is 4.26. The highest BCUT2D eigenvalue weighted by atomic mass is 35.5. The summed E-state index contributed by atoms with van der Waals surface area (Å²) in [5.41, 5.74) is 9.69. The normalized spacial score (nSPS) is 11.0. The average Bonchev–Trinajstić information content (AvgIpc) is 3.01. The van der Waals surface area contributed by atoms with E-state index in [-0.39, 0.29) is 0 Å². The number of nitrogens with two attached hydrogens (primary N) is 1. The summed E-state index contributed by atoms with van der Waals surface area (Å²) in [7, 11) is 0. The second kappa shape index (κ2) is 9.04. The number of nitrogens with zero attached hydrogens (tertiary/aromatic N) is 2. The number of halogens is 1. The third-order valence-corrected chi connectivity index (χ3v) is 5.12. The fourth-order valence-electron chi connectivity index (χ4n) is 3.31. The SMILES string of the molecule is CCCCc1nc(Cl)c(CN)n1Cc1ccc(-c2ccccc2C(=O)O)cc1. The van der Waals surface area contributed by atoms with E-state index < -0.39 is 5.97 Å². The van der Waals surface area contributed by atoms with E-state index in [1.165, 1.54) is 0 Å². The number of unbranched alkanes of at least 4 members (excludes halogenated alkanes) is 1. The highest BCUT2D eigenvalue weighted by Gasteiger charge is 2.15. The molecule has 1 aromatic heterocycles. The maximum atomic E-state index is 11.5. The van der Waals surface area contributed by atoms with Crippen LogP contribution in [0.2, 0.25) is 5.15 Å². The van der Waals surface area contributed by atoms with Gasteiger partial charge in [0, 0.05) is 19.5 Å². The molecule has 0 spiro atoms. The van der Waals surface area contributed by atoms with Crippen molar-refractivity contribution >= 4 is 17.6 Å². The van der Waals surface area contributed by atoms with Gasteiger partial charge in [0.1, 0.15) is 5.82 Å². The number of imidazole rings is 1. The lowest BCUT2D eigenvalue weighted by molar-refractivity contribution is 0.0697. The molecule has 0 radical (unpaired) electrons. The van der Waals surface area contributed by atoms with E-state index in [9.17, 15) is 9.90 Å². The number of carbonyl (C=O) groups is 1.